The molecule has 4 nitrogen and oxygen atoms in total. The maximum absolute atomic E-state index is 12.2. The zero-order valence-electron chi connectivity index (χ0n) is 14.5. The smallest absolute Gasteiger partial charge is 0.349 e. The van der Waals surface area contributed by atoms with Gasteiger partial charge in [0.1, 0.15) is 4.88 Å². The minimum atomic E-state index is -0.824. The number of nitrogens with one attached hydrogen (secondary N) is 1. The Hall–Kier alpha value is -2.14. The number of aryl methyl sites for hydroxylation is 3. The second-order valence-corrected chi connectivity index (χ2v) is 7.05. The van der Waals surface area contributed by atoms with Gasteiger partial charge in [-0.25, -0.2) is 4.79 Å². The van der Waals surface area contributed by atoms with Gasteiger partial charge in [0, 0.05) is 11.4 Å². The summed E-state index contributed by atoms with van der Waals surface area (Å²) in [6.45, 7) is 8.05. The third kappa shape index (κ3) is 4.68. The van der Waals surface area contributed by atoms with E-state index in [2.05, 4.69) is 5.32 Å². The first kappa shape index (κ1) is 18.2. The molecule has 0 aliphatic rings. The Kier molecular flexibility index (Phi) is 6.15. The molecule has 0 aliphatic carbocycles. The lowest BCUT2D eigenvalue weighted by atomic mass is 10.1. The van der Waals surface area contributed by atoms with Crippen molar-refractivity contribution in [1.29, 1.82) is 0 Å². The molecule has 0 bridgehead atoms. The van der Waals surface area contributed by atoms with Crippen molar-refractivity contribution in [3.63, 3.8) is 0 Å². The first-order valence-corrected chi connectivity index (χ1v) is 8.86. The molecule has 0 saturated heterocycles. The van der Waals surface area contributed by atoms with Crippen LogP contribution in [0.5, 0.6) is 0 Å². The lowest BCUT2D eigenvalue weighted by Gasteiger charge is -2.13. The molecule has 5 heteroatoms. The van der Waals surface area contributed by atoms with Crippen LogP contribution < -0.4 is 5.32 Å². The molecule has 1 atom stereocenters. The quantitative estimate of drug-likeness (QED) is 0.811. The monoisotopic (exact) mass is 345 g/mol. The molecule has 128 valence electrons. The van der Waals surface area contributed by atoms with E-state index in [0.29, 0.717) is 11.4 Å². The Labute approximate surface area is 146 Å². The number of hydrogen-bond acceptors (Lipinski definition) is 4. The van der Waals surface area contributed by atoms with Crippen molar-refractivity contribution in [3.05, 3.63) is 56.8 Å². The molecule has 0 saturated carbocycles. The highest BCUT2D eigenvalue weighted by atomic mass is 32.1. The van der Waals surface area contributed by atoms with Crippen LogP contribution in [0.3, 0.4) is 0 Å². The zero-order chi connectivity index (χ0) is 17.7. The fourth-order valence-electron chi connectivity index (χ4n) is 2.28. The lowest BCUT2D eigenvalue weighted by molar-refractivity contribution is -0.129. The molecule has 1 aromatic carbocycles. The van der Waals surface area contributed by atoms with Gasteiger partial charge in [-0.2, -0.15) is 0 Å². The van der Waals surface area contributed by atoms with Crippen LogP contribution in [0.1, 0.15) is 45.1 Å². The number of carbonyl (C=O) groups is 2. The molecule has 0 unspecified atom stereocenters. The standard InChI is InChI=1S/C19H23NO3S/c1-5-16-10-17(24-14(16)4)19(22)23-13(3)18(21)20-11-15-8-6-12(2)7-9-15/h6-10,13H,5,11H2,1-4H3,(H,20,21)/t13-/m0/s1. The topological polar surface area (TPSA) is 55.4 Å². The van der Waals surface area contributed by atoms with E-state index in [1.165, 1.54) is 16.9 Å². The second-order valence-electron chi connectivity index (χ2n) is 5.80. The molecule has 2 aromatic rings. The van der Waals surface area contributed by atoms with Gasteiger partial charge >= 0.3 is 5.97 Å². The van der Waals surface area contributed by atoms with Crippen molar-refractivity contribution >= 4 is 23.2 Å². The van der Waals surface area contributed by atoms with Crippen LogP contribution in [0.15, 0.2) is 30.3 Å². The lowest BCUT2D eigenvalue weighted by Crippen LogP contribution is -2.35. The normalized spacial score (nSPS) is 11.8. The minimum absolute atomic E-state index is 0.298. The minimum Gasteiger partial charge on any atom is -0.448 e. The summed E-state index contributed by atoms with van der Waals surface area (Å²) < 4.78 is 5.28. The Morgan fingerprint density at radius 2 is 1.88 bits per heavy atom. The summed E-state index contributed by atoms with van der Waals surface area (Å²) in [6, 6.07) is 9.77. The van der Waals surface area contributed by atoms with E-state index in [4.69, 9.17) is 4.74 Å². The molecule has 2 rings (SSSR count). The number of ether oxygens (including phenoxy) is 1. The summed E-state index contributed by atoms with van der Waals surface area (Å²) in [5.74, 6) is -0.742. The van der Waals surface area contributed by atoms with E-state index in [-0.39, 0.29) is 5.91 Å². The third-order valence-corrected chi connectivity index (χ3v) is 4.92. The first-order valence-electron chi connectivity index (χ1n) is 8.04. The molecule has 24 heavy (non-hydrogen) atoms. The van der Waals surface area contributed by atoms with E-state index >= 15 is 0 Å². The molecular formula is C19H23NO3S. The van der Waals surface area contributed by atoms with Crippen molar-refractivity contribution in [2.75, 3.05) is 0 Å². The zero-order valence-corrected chi connectivity index (χ0v) is 15.3. The van der Waals surface area contributed by atoms with Crippen LogP contribution in [-0.4, -0.2) is 18.0 Å². The number of benzene rings is 1. The van der Waals surface area contributed by atoms with Crippen LogP contribution in [-0.2, 0) is 22.5 Å². The fourth-order valence-corrected chi connectivity index (χ4v) is 3.28. The van der Waals surface area contributed by atoms with E-state index in [1.54, 1.807) is 6.92 Å². The highest BCUT2D eigenvalue weighted by molar-refractivity contribution is 7.14. The van der Waals surface area contributed by atoms with E-state index in [1.807, 2.05) is 51.1 Å². The number of thiophene rings is 1. The van der Waals surface area contributed by atoms with Gasteiger partial charge in [0.2, 0.25) is 0 Å². The van der Waals surface area contributed by atoms with Gasteiger partial charge in [0.05, 0.1) is 0 Å². The van der Waals surface area contributed by atoms with Crippen LogP contribution >= 0.6 is 11.3 Å². The summed E-state index contributed by atoms with van der Waals surface area (Å²) in [4.78, 5) is 25.9. The van der Waals surface area contributed by atoms with Crippen LogP contribution in [0.2, 0.25) is 0 Å². The molecule has 0 radical (unpaired) electrons. The van der Waals surface area contributed by atoms with Crippen LogP contribution in [0.4, 0.5) is 0 Å². The van der Waals surface area contributed by atoms with Crippen molar-refractivity contribution < 1.29 is 14.3 Å². The Morgan fingerprint density at radius 1 is 1.21 bits per heavy atom. The van der Waals surface area contributed by atoms with Gasteiger partial charge in [0.15, 0.2) is 6.10 Å². The Bertz CT molecular complexity index is 719. The number of hydrogen-bond donors (Lipinski definition) is 1. The van der Waals surface area contributed by atoms with Gasteiger partial charge < -0.3 is 10.1 Å². The summed E-state index contributed by atoms with van der Waals surface area (Å²) in [5, 5.41) is 2.79. The highest BCUT2D eigenvalue weighted by Crippen LogP contribution is 2.23. The largest absolute Gasteiger partial charge is 0.448 e. The molecule has 1 aromatic heterocycles. The van der Waals surface area contributed by atoms with E-state index < -0.39 is 12.1 Å². The van der Waals surface area contributed by atoms with Crippen molar-refractivity contribution in [2.24, 2.45) is 0 Å². The number of esters is 1. The molecule has 0 fully saturated rings. The number of amides is 1. The van der Waals surface area contributed by atoms with Gasteiger partial charge in [-0.15, -0.1) is 11.3 Å². The highest BCUT2D eigenvalue weighted by Gasteiger charge is 2.20. The predicted octanol–water partition coefficient (Wildman–Crippen LogP) is 3.79. The average Bonchev–Trinajstić information content (AvgIpc) is 2.95. The van der Waals surface area contributed by atoms with Gasteiger partial charge in [0.25, 0.3) is 5.91 Å². The number of rotatable bonds is 6. The van der Waals surface area contributed by atoms with Crippen molar-refractivity contribution in [2.45, 2.75) is 46.8 Å². The molecule has 1 heterocycles. The molecule has 1 N–H and O–H groups in total. The Morgan fingerprint density at radius 3 is 2.46 bits per heavy atom. The van der Waals surface area contributed by atoms with E-state index in [0.717, 1.165) is 22.4 Å². The van der Waals surface area contributed by atoms with Crippen LogP contribution in [0.25, 0.3) is 0 Å². The molecule has 0 spiro atoms. The van der Waals surface area contributed by atoms with Gasteiger partial charge in [-0.05, 0) is 44.4 Å². The summed E-state index contributed by atoms with van der Waals surface area (Å²) in [6.07, 6.45) is 0.0535. The molecule has 1 amide bonds. The summed E-state index contributed by atoms with van der Waals surface area (Å²) in [7, 11) is 0. The third-order valence-electron chi connectivity index (χ3n) is 3.84. The van der Waals surface area contributed by atoms with Gasteiger partial charge in [-0.3, -0.25) is 4.79 Å². The van der Waals surface area contributed by atoms with Crippen molar-refractivity contribution in [3.8, 4) is 0 Å². The van der Waals surface area contributed by atoms with Gasteiger partial charge in [-0.1, -0.05) is 36.8 Å². The number of carbonyl (C=O) groups excluding carboxylic acids is 2. The Balaban J connectivity index is 1.88. The first-order chi connectivity index (χ1) is 11.4. The maximum Gasteiger partial charge on any atom is 0.349 e. The van der Waals surface area contributed by atoms with Crippen LogP contribution in [0, 0.1) is 13.8 Å². The maximum atomic E-state index is 12.2. The van der Waals surface area contributed by atoms with Crippen molar-refractivity contribution in [1.82, 2.24) is 5.32 Å². The predicted molar refractivity (Wildman–Crippen MR) is 96.3 cm³/mol. The average molecular weight is 345 g/mol. The summed E-state index contributed by atoms with van der Waals surface area (Å²) >= 11 is 1.41. The summed E-state index contributed by atoms with van der Waals surface area (Å²) in [5.41, 5.74) is 3.32. The molecule has 0 aliphatic heterocycles. The SMILES string of the molecule is CCc1cc(C(=O)O[C@@H](C)C(=O)NCc2ccc(C)cc2)sc1C. The van der Waals surface area contributed by atoms with E-state index in [9.17, 15) is 9.59 Å². The fraction of sp³-hybridized carbons (Fsp3) is 0.368. The molecular weight excluding hydrogens is 322 g/mol. The second kappa shape index (κ2) is 8.11.